The summed E-state index contributed by atoms with van der Waals surface area (Å²) in [4.78, 5) is 20.5. The normalized spacial score (nSPS) is 17.3. The zero-order valence-electron chi connectivity index (χ0n) is 5.68. The Morgan fingerprint density at radius 2 is 2.36 bits per heavy atom. The average molecular weight is 198 g/mol. The standard InChI is InChI=1S/C4H7O5PS/c1-4(2-5,3(6)11)9-10(7)8/h5H,2H2,1H3,(H,6,11). The first-order valence-corrected chi connectivity index (χ1v) is 4.14. The smallest absolute Gasteiger partial charge is 0.489 e. The third kappa shape index (κ3) is 3.27. The second-order valence-electron chi connectivity index (χ2n) is 2.01. The molecular formula is C4H7O5PS. The molecule has 0 aromatic carbocycles. The fraction of sp³-hybridized carbons (Fsp3) is 0.750. The molecule has 2 atom stereocenters. The van der Waals surface area contributed by atoms with Gasteiger partial charge in [-0.15, -0.1) is 17.2 Å². The molecular weight excluding hydrogens is 191 g/mol. The molecule has 5 nitrogen and oxygen atoms in total. The van der Waals surface area contributed by atoms with Crippen LogP contribution in [0.2, 0.25) is 0 Å². The number of aliphatic hydroxyl groups excluding tert-OH is 1. The molecule has 0 bridgehead atoms. The summed E-state index contributed by atoms with van der Waals surface area (Å²) < 4.78 is 14.1. The third-order valence-electron chi connectivity index (χ3n) is 1.03. The fourth-order valence-electron chi connectivity index (χ4n) is 0.300. The van der Waals surface area contributed by atoms with E-state index in [-0.39, 0.29) is 0 Å². The number of thiol groups is 1. The van der Waals surface area contributed by atoms with Crippen molar-refractivity contribution in [2.45, 2.75) is 12.5 Å². The highest BCUT2D eigenvalue weighted by Gasteiger charge is 2.37. The molecule has 7 heteroatoms. The second-order valence-corrected chi connectivity index (χ2v) is 3.04. The van der Waals surface area contributed by atoms with E-state index in [1.807, 2.05) is 0 Å². The summed E-state index contributed by atoms with van der Waals surface area (Å²) in [5, 5.41) is 7.71. The van der Waals surface area contributed by atoms with Crippen molar-refractivity contribution in [1.82, 2.24) is 0 Å². The lowest BCUT2D eigenvalue weighted by Crippen LogP contribution is -2.38. The van der Waals surface area contributed by atoms with Crippen LogP contribution in [0.4, 0.5) is 0 Å². The highest BCUT2D eigenvalue weighted by molar-refractivity contribution is 7.96. The lowest BCUT2D eigenvalue weighted by Gasteiger charge is -2.15. The van der Waals surface area contributed by atoms with Gasteiger partial charge in [0.15, 0.2) is 0 Å². The molecule has 0 rings (SSSR count). The van der Waals surface area contributed by atoms with E-state index >= 15 is 0 Å². The maximum Gasteiger partial charge on any atom is 0.489 e. The average Bonchev–Trinajstić information content (AvgIpc) is 1.86. The molecule has 0 aliphatic heterocycles. The molecule has 1 N–H and O–H groups in total. The van der Waals surface area contributed by atoms with E-state index < -0.39 is 25.6 Å². The van der Waals surface area contributed by atoms with Crippen LogP contribution in [-0.4, -0.2) is 22.4 Å². The van der Waals surface area contributed by atoms with Gasteiger partial charge in [0.1, 0.15) is 0 Å². The van der Waals surface area contributed by atoms with Gasteiger partial charge < -0.3 is 10.00 Å². The first-order chi connectivity index (χ1) is 4.92. The Morgan fingerprint density at radius 3 is 2.45 bits per heavy atom. The van der Waals surface area contributed by atoms with Gasteiger partial charge in [-0.05, 0) is 11.5 Å². The van der Waals surface area contributed by atoms with Gasteiger partial charge in [0, 0.05) is 0 Å². The summed E-state index contributed by atoms with van der Waals surface area (Å²) in [6.45, 7) is 0.409. The maximum absolute atomic E-state index is 10.5. The topological polar surface area (TPSA) is 86.7 Å². The number of hydrogen-bond acceptors (Lipinski definition) is 5. The third-order valence-corrected chi connectivity index (χ3v) is 2.06. The second kappa shape index (κ2) is 4.13. The Balaban J connectivity index is 4.34. The van der Waals surface area contributed by atoms with Gasteiger partial charge in [-0.25, -0.2) is 0 Å². The zero-order chi connectivity index (χ0) is 9.07. The first kappa shape index (κ1) is 11.0. The summed E-state index contributed by atoms with van der Waals surface area (Å²) in [7, 11) is -3.16. The van der Waals surface area contributed by atoms with Crippen molar-refractivity contribution in [3.8, 4) is 0 Å². The van der Waals surface area contributed by atoms with Gasteiger partial charge in [-0.3, -0.25) is 4.79 Å². The monoisotopic (exact) mass is 198 g/mol. The van der Waals surface area contributed by atoms with Crippen LogP contribution in [0.1, 0.15) is 6.92 Å². The molecule has 2 unspecified atom stereocenters. The van der Waals surface area contributed by atoms with Crippen LogP contribution >= 0.6 is 20.9 Å². The molecule has 0 saturated carbocycles. The summed E-state index contributed by atoms with van der Waals surface area (Å²) in [5.41, 5.74) is -1.75. The summed E-state index contributed by atoms with van der Waals surface area (Å²) >= 11 is 3.34. The van der Waals surface area contributed by atoms with E-state index in [4.69, 9.17) is 5.11 Å². The first-order valence-electron chi connectivity index (χ1n) is 2.60. The van der Waals surface area contributed by atoms with Crippen LogP contribution in [-0.2, 0) is 13.9 Å². The number of rotatable bonds is 4. The van der Waals surface area contributed by atoms with E-state index in [2.05, 4.69) is 17.2 Å². The minimum Gasteiger partial charge on any atom is -0.566 e. The van der Waals surface area contributed by atoms with Gasteiger partial charge in [-0.2, -0.15) is 0 Å². The summed E-state index contributed by atoms with van der Waals surface area (Å²) in [5.74, 6) is 0. The quantitative estimate of drug-likeness (QED) is 0.457. The molecule has 0 spiro atoms. The minimum absolute atomic E-state index is 0.724. The zero-order valence-corrected chi connectivity index (χ0v) is 7.47. The minimum atomic E-state index is -3.16. The van der Waals surface area contributed by atoms with Crippen LogP contribution < -0.4 is 4.89 Å². The van der Waals surface area contributed by atoms with Crippen molar-refractivity contribution in [1.29, 1.82) is 0 Å². The number of hydrogen-bond donors (Lipinski definition) is 2. The molecule has 0 aromatic rings. The van der Waals surface area contributed by atoms with E-state index in [1.54, 1.807) is 0 Å². The number of aliphatic hydroxyl groups is 1. The lowest BCUT2D eigenvalue weighted by molar-refractivity contribution is -0.197. The molecule has 0 aliphatic rings. The summed E-state index contributed by atoms with van der Waals surface area (Å²) in [6.07, 6.45) is 0. The number of carbonyl (C=O) groups is 1. The lowest BCUT2D eigenvalue weighted by atomic mass is 10.1. The SMILES string of the molecule is CC(CO)(O[P+](=O)[O-])C(=O)S. The Kier molecular flexibility index (Phi) is 4.13. The van der Waals surface area contributed by atoms with E-state index in [0.717, 1.165) is 6.92 Å². The van der Waals surface area contributed by atoms with Gasteiger partial charge in [0.25, 0.3) is 0 Å². The molecule has 0 radical (unpaired) electrons. The van der Waals surface area contributed by atoms with Gasteiger partial charge in [0.05, 0.1) is 6.61 Å². The van der Waals surface area contributed by atoms with Crippen LogP contribution in [0.15, 0.2) is 0 Å². The molecule has 64 valence electrons. The highest BCUT2D eigenvalue weighted by Crippen LogP contribution is 2.24. The Labute approximate surface area is 69.7 Å². The fourth-order valence-corrected chi connectivity index (χ4v) is 0.958. The van der Waals surface area contributed by atoms with E-state index in [9.17, 15) is 14.3 Å². The number of carbonyl (C=O) groups excluding carboxylic acids is 1. The van der Waals surface area contributed by atoms with Gasteiger partial charge in [0.2, 0.25) is 10.7 Å². The largest absolute Gasteiger partial charge is 0.566 e. The molecule has 0 heterocycles. The van der Waals surface area contributed by atoms with E-state index in [0.29, 0.717) is 0 Å². The van der Waals surface area contributed by atoms with Crippen molar-refractivity contribution < 1.29 is 23.9 Å². The van der Waals surface area contributed by atoms with Gasteiger partial charge in [-0.1, -0.05) is 0 Å². The van der Waals surface area contributed by atoms with Crippen molar-refractivity contribution in [2.75, 3.05) is 6.61 Å². The maximum atomic E-state index is 10.5. The summed E-state index contributed by atoms with van der Waals surface area (Å²) in [6, 6.07) is 0. The van der Waals surface area contributed by atoms with Gasteiger partial charge >= 0.3 is 8.25 Å². The predicted octanol–water partition coefficient (Wildman–Crippen LogP) is -0.772. The molecule has 0 amide bonds. The predicted molar refractivity (Wildman–Crippen MR) is 38.2 cm³/mol. The molecule has 0 fully saturated rings. The van der Waals surface area contributed by atoms with E-state index in [1.165, 1.54) is 0 Å². The molecule has 0 aliphatic carbocycles. The molecule has 11 heavy (non-hydrogen) atoms. The van der Waals surface area contributed by atoms with Crippen LogP contribution in [0, 0.1) is 0 Å². The highest BCUT2D eigenvalue weighted by atomic mass is 32.1. The van der Waals surface area contributed by atoms with Crippen LogP contribution in [0.5, 0.6) is 0 Å². The Bertz CT molecular complexity index is 183. The Hall–Kier alpha value is -0.000000000000000111. The van der Waals surface area contributed by atoms with Crippen molar-refractivity contribution in [2.24, 2.45) is 0 Å². The molecule has 0 aromatic heterocycles. The van der Waals surface area contributed by atoms with Crippen molar-refractivity contribution in [3.05, 3.63) is 0 Å². The molecule has 0 saturated heterocycles. The van der Waals surface area contributed by atoms with Crippen molar-refractivity contribution >= 4 is 26.0 Å². The van der Waals surface area contributed by atoms with Crippen LogP contribution in [0.25, 0.3) is 0 Å². The van der Waals surface area contributed by atoms with Crippen molar-refractivity contribution in [3.63, 3.8) is 0 Å². The van der Waals surface area contributed by atoms with Crippen LogP contribution in [0.3, 0.4) is 0 Å². The Morgan fingerprint density at radius 1 is 1.91 bits per heavy atom.